The van der Waals surface area contributed by atoms with E-state index >= 15 is 0 Å². The summed E-state index contributed by atoms with van der Waals surface area (Å²) in [4.78, 5) is 3.32. The molecule has 0 radical (unpaired) electrons. The highest BCUT2D eigenvalue weighted by Crippen LogP contribution is 2.17. The number of para-hydroxylation sites is 1. The van der Waals surface area contributed by atoms with E-state index in [0.29, 0.717) is 0 Å². The van der Waals surface area contributed by atoms with Gasteiger partial charge in [-0.25, -0.2) is 0 Å². The van der Waals surface area contributed by atoms with Gasteiger partial charge in [0, 0.05) is 30.7 Å². The highest BCUT2D eigenvalue weighted by molar-refractivity contribution is 5.83. The van der Waals surface area contributed by atoms with Gasteiger partial charge in [-0.15, -0.1) is 0 Å². The van der Waals surface area contributed by atoms with Gasteiger partial charge in [0.2, 0.25) is 0 Å². The molecular formula is C16H20N4. The van der Waals surface area contributed by atoms with Crippen LogP contribution in [0.25, 0.3) is 10.9 Å². The minimum absolute atomic E-state index is 0.861. The molecule has 3 aromatic rings. The lowest BCUT2D eigenvalue weighted by molar-refractivity contribution is 0.625. The van der Waals surface area contributed by atoms with Crippen LogP contribution in [0.5, 0.6) is 0 Å². The molecule has 1 aromatic carbocycles. The fourth-order valence-corrected chi connectivity index (χ4v) is 2.61. The molecule has 104 valence electrons. The molecule has 0 spiro atoms. The molecule has 4 heteroatoms. The van der Waals surface area contributed by atoms with Gasteiger partial charge in [0.15, 0.2) is 0 Å². The number of hydrogen-bond donors (Lipinski definition) is 2. The second-order valence-corrected chi connectivity index (χ2v) is 5.19. The number of fused-ring (bicyclic) bond motifs is 1. The van der Waals surface area contributed by atoms with Gasteiger partial charge in [0.05, 0.1) is 11.4 Å². The Kier molecular flexibility index (Phi) is 3.56. The average Bonchev–Trinajstić information content (AvgIpc) is 2.99. The van der Waals surface area contributed by atoms with Crippen molar-refractivity contribution >= 4 is 10.9 Å². The van der Waals surface area contributed by atoms with Crippen molar-refractivity contribution in [2.75, 3.05) is 6.54 Å². The Morgan fingerprint density at radius 3 is 2.95 bits per heavy atom. The predicted molar refractivity (Wildman–Crippen MR) is 81.7 cm³/mol. The maximum Gasteiger partial charge on any atom is 0.0597 e. The van der Waals surface area contributed by atoms with Crippen LogP contribution in [0.1, 0.15) is 17.0 Å². The van der Waals surface area contributed by atoms with E-state index < -0.39 is 0 Å². The second-order valence-electron chi connectivity index (χ2n) is 5.19. The Balaban J connectivity index is 1.56. The largest absolute Gasteiger partial charge is 0.361 e. The molecule has 0 bridgehead atoms. The van der Waals surface area contributed by atoms with Crippen LogP contribution in [0.3, 0.4) is 0 Å². The van der Waals surface area contributed by atoms with Crippen LogP contribution in [0.15, 0.2) is 36.5 Å². The maximum atomic E-state index is 4.35. The summed E-state index contributed by atoms with van der Waals surface area (Å²) >= 11 is 0. The van der Waals surface area contributed by atoms with Crippen molar-refractivity contribution in [2.24, 2.45) is 7.05 Å². The third kappa shape index (κ3) is 2.60. The first-order valence-corrected chi connectivity index (χ1v) is 6.99. The van der Waals surface area contributed by atoms with Gasteiger partial charge in [-0.3, -0.25) is 4.68 Å². The Morgan fingerprint density at radius 1 is 1.30 bits per heavy atom. The van der Waals surface area contributed by atoms with Crippen LogP contribution in [-0.4, -0.2) is 21.3 Å². The number of aryl methyl sites for hydroxylation is 2. The molecule has 0 saturated carbocycles. The minimum Gasteiger partial charge on any atom is -0.361 e. The normalized spacial score (nSPS) is 11.3. The fraction of sp³-hybridized carbons (Fsp3) is 0.312. The van der Waals surface area contributed by atoms with E-state index in [1.165, 1.54) is 22.2 Å². The molecule has 4 nitrogen and oxygen atoms in total. The lowest BCUT2D eigenvalue weighted by Crippen LogP contribution is -2.18. The van der Waals surface area contributed by atoms with Gasteiger partial charge in [-0.05, 0) is 37.6 Å². The zero-order chi connectivity index (χ0) is 13.9. The van der Waals surface area contributed by atoms with E-state index in [9.17, 15) is 0 Å². The van der Waals surface area contributed by atoms with Crippen LogP contribution >= 0.6 is 0 Å². The zero-order valence-corrected chi connectivity index (χ0v) is 12.0. The number of hydrogen-bond acceptors (Lipinski definition) is 2. The molecule has 2 N–H and O–H groups in total. The molecule has 0 amide bonds. The van der Waals surface area contributed by atoms with E-state index in [0.717, 1.165) is 25.2 Å². The Hall–Kier alpha value is -2.07. The third-order valence-electron chi connectivity index (χ3n) is 3.65. The van der Waals surface area contributed by atoms with E-state index in [2.05, 4.69) is 51.9 Å². The van der Waals surface area contributed by atoms with E-state index in [-0.39, 0.29) is 0 Å². The summed E-state index contributed by atoms with van der Waals surface area (Å²) in [5, 5.41) is 9.16. The van der Waals surface area contributed by atoms with Crippen molar-refractivity contribution in [1.82, 2.24) is 20.1 Å². The maximum absolute atomic E-state index is 4.35. The summed E-state index contributed by atoms with van der Waals surface area (Å²) in [6.45, 7) is 3.85. The van der Waals surface area contributed by atoms with Gasteiger partial charge in [0.25, 0.3) is 0 Å². The fourth-order valence-electron chi connectivity index (χ4n) is 2.61. The monoisotopic (exact) mass is 268 g/mol. The molecule has 0 aliphatic heterocycles. The molecule has 2 heterocycles. The zero-order valence-electron chi connectivity index (χ0n) is 12.0. The average molecular weight is 268 g/mol. The van der Waals surface area contributed by atoms with Crippen LogP contribution in [0, 0.1) is 6.92 Å². The minimum atomic E-state index is 0.861. The third-order valence-corrected chi connectivity index (χ3v) is 3.65. The Morgan fingerprint density at radius 2 is 2.15 bits per heavy atom. The van der Waals surface area contributed by atoms with Gasteiger partial charge in [0.1, 0.15) is 0 Å². The predicted octanol–water partition coefficient (Wildman–Crippen LogP) is 2.54. The highest BCUT2D eigenvalue weighted by atomic mass is 15.3. The number of nitrogens with one attached hydrogen (secondary N) is 2. The smallest absolute Gasteiger partial charge is 0.0597 e. The molecule has 3 rings (SSSR count). The quantitative estimate of drug-likeness (QED) is 0.699. The first-order chi connectivity index (χ1) is 9.74. The summed E-state index contributed by atoms with van der Waals surface area (Å²) in [5.41, 5.74) is 4.88. The van der Waals surface area contributed by atoms with Crippen LogP contribution < -0.4 is 5.32 Å². The van der Waals surface area contributed by atoms with Crippen molar-refractivity contribution < 1.29 is 0 Å². The van der Waals surface area contributed by atoms with Gasteiger partial charge in [-0.1, -0.05) is 18.2 Å². The number of aromatic nitrogens is 3. The van der Waals surface area contributed by atoms with Crippen LogP contribution in [-0.2, 0) is 20.0 Å². The molecule has 0 saturated heterocycles. The molecule has 0 aliphatic rings. The molecular weight excluding hydrogens is 248 g/mol. The number of H-pyrrole nitrogens is 1. The van der Waals surface area contributed by atoms with Crippen molar-refractivity contribution in [3.8, 4) is 0 Å². The summed E-state index contributed by atoms with van der Waals surface area (Å²) in [7, 11) is 1.99. The van der Waals surface area contributed by atoms with E-state index in [1.807, 2.05) is 18.7 Å². The number of aromatic amines is 1. The first-order valence-electron chi connectivity index (χ1n) is 6.99. The van der Waals surface area contributed by atoms with Crippen LogP contribution in [0.4, 0.5) is 0 Å². The molecule has 0 fully saturated rings. The SMILES string of the molecule is Cc1cc(CNCCc2c[nH]c3ccccc23)n(C)n1. The molecule has 2 aromatic heterocycles. The second kappa shape index (κ2) is 5.51. The number of nitrogens with zero attached hydrogens (tertiary/aromatic N) is 2. The van der Waals surface area contributed by atoms with Crippen molar-refractivity contribution in [3.63, 3.8) is 0 Å². The number of benzene rings is 1. The first kappa shape index (κ1) is 12.9. The molecule has 0 atom stereocenters. The lowest BCUT2D eigenvalue weighted by Gasteiger charge is -2.04. The lowest BCUT2D eigenvalue weighted by atomic mass is 10.1. The molecule has 0 unspecified atom stereocenters. The van der Waals surface area contributed by atoms with Gasteiger partial charge in [-0.2, -0.15) is 5.10 Å². The molecule has 20 heavy (non-hydrogen) atoms. The molecule has 0 aliphatic carbocycles. The standard InChI is InChI=1S/C16H20N4/c1-12-9-14(20(2)19-12)11-17-8-7-13-10-18-16-6-4-3-5-15(13)16/h3-6,9-10,17-18H,7-8,11H2,1-2H3. The Labute approximate surface area is 118 Å². The summed E-state index contributed by atoms with van der Waals surface area (Å²) in [5.74, 6) is 0. The summed E-state index contributed by atoms with van der Waals surface area (Å²) in [6.07, 6.45) is 3.14. The van der Waals surface area contributed by atoms with E-state index in [4.69, 9.17) is 0 Å². The van der Waals surface area contributed by atoms with Gasteiger partial charge < -0.3 is 10.3 Å². The summed E-state index contributed by atoms with van der Waals surface area (Å²) in [6, 6.07) is 10.6. The Bertz CT molecular complexity index is 708. The van der Waals surface area contributed by atoms with Crippen molar-refractivity contribution in [1.29, 1.82) is 0 Å². The van der Waals surface area contributed by atoms with Crippen LogP contribution in [0.2, 0.25) is 0 Å². The van der Waals surface area contributed by atoms with E-state index in [1.54, 1.807) is 0 Å². The summed E-state index contributed by atoms with van der Waals surface area (Å²) < 4.78 is 1.94. The van der Waals surface area contributed by atoms with Crippen molar-refractivity contribution in [3.05, 3.63) is 53.5 Å². The van der Waals surface area contributed by atoms with Crippen molar-refractivity contribution in [2.45, 2.75) is 19.9 Å². The number of rotatable bonds is 5. The topological polar surface area (TPSA) is 45.6 Å². The highest BCUT2D eigenvalue weighted by Gasteiger charge is 2.04. The van der Waals surface area contributed by atoms with Gasteiger partial charge >= 0.3 is 0 Å².